The van der Waals surface area contributed by atoms with Crippen LogP contribution in [-0.4, -0.2) is 62.2 Å². The molecule has 3 nitrogen and oxygen atoms in total. The normalized spacial score (nSPS) is 26.4. The van der Waals surface area contributed by atoms with Crippen LogP contribution in [0.1, 0.15) is 13.3 Å². The Kier molecular flexibility index (Phi) is 3.79. The van der Waals surface area contributed by atoms with E-state index in [4.69, 9.17) is 0 Å². The molecule has 0 saturated carbocycles. The molecule has 14 heavy (non-hydrogen) atoms. The molecule has 0 aliphatic carbocycles. The van der Waals surface area contributed by atoms with E-state index in [0.717, 1.165) is 5.92 Å². The molecule has 0 spiro atoms. The number of nitrogens with one attached hydrogen (secondary N) is 1. The summed E-state index contributed by atoms with van der Waals surface area (Å²) in [4.78, 5) is 5.17. The summed E-state index contributed by atoms with van der Waals surface area (Å²) in [7, 11) is 0. The second-order valence-electron chi connectivity index (χ2n) is 4.63. The molecule has 2 heterocycles. The van der Waals surface area contributed by atoms with E-state index in [1.54, 1.807) is 0 Å². The van der Waals surface area contributed by atoms with E-state index >= 15 is 0 Å². The third-order valence-corrected chi connectivity index (χ3v) is 3.55. The van der Waals surface area contributed by atoms with Gasteiger partial charge in [-0.1, -0.05) is 13.3 Å². The Labute approximate surface area is 87.4 Å². The molecule has 2 aliphatic heterocycles. The van der Waals surface area contributed by atoms with Gasteiger partial charge in [0, 0.05) is 52.4 Å². The van der Waals surface area contributed by atoms with Gasteiger partial charge in [0.15, 0.2) is 0 Å². The van der Waals surface area contributed by atoms with Gasteiger partial charge in [0.05, 0.1) is 0 Å². The average Bonchev–Trinajstić information content (AvgIpc) is 2.17. The van der Waals surface area contributed by atoms with Gasteiger partial charge in [-0.25, -0.2) is 0 Å². The summed E-state index contributed by atoms with van der Waals surface area (Å²) in [5.41, 5.74) is 0. The molecule has 0 bridgehead atoms. The summed E-state index contributed by atoms with van der Waals surface area (Å²) in [5.74, 6) is 0.998. The van der Waals surface area contributed by atoms with Gasteiger partial charge in [0.1, 0.15) is 0 Å². The monoisotopic (exact) mass is 197 g/mol. The van der Waals surface area contributed by atoms with Crippen LogP contribution in [-0.2, 0) is 0 Å². The molecule has 0 amide bonds. The lowest BCUT2D eigenvalue weighted by Gasteiger charge is -2.40. The topological polar surface area (TPSA) is 18.5 Å². The van der Waals surface area contributed by atoms with Crippen molar-refractivity contribution in [2.75, 3.05) is 52.4 Å². The van der Waals surface area contributed by atoms with Gasteiger partial charge in [-0.3, -0.25) is 4.90 Å². The minimum absolute atomic E-state index is 0.998. The fraction of sp³-hybridized carbons (Fsp3) is 1.00. The molecule has 82 valence electrons. The van der Waals surface area contributed by atoms with Crippen LogP contribution in [0.2, 0.25) is 0 Å². The third-order valence-electron chi connectivity index (χ3n) is 3.55. The van der Waals surface area contributed by atoms with E-state index in [-0.39, 0.29) is 0 Å². The Hall–Kier alpha value is -0.120. The SMILES string of the molecule is CCC1CN(CCN2CCNCC2)C1. The summed E-state index contributed by atoms with van der Waals surface area (Å²) >= 11 is 0. The molecule has 0 radical (unpaired) electrons. The molecule has 0 unspecified atom stereocenters. The van der Waals surface area contributed by atoms with Crippen molar-refractivity contribution in [3.8, 4) is 0 Å². The minimum Gasteiger partial charge on any atom is -0.314 e. The smallest absolute Gasteiger partial charge is 0.0110 e. The van der Waals surface area contributed by atoms with Gasteiger partial charge in [0.25, 0.3) is 0 Å². The summed E-state index contributed by atoms with van der Waals surface area (Å²) in [5, 5.41) is 3.39. The summed E-state index contributed by atoms with van der Waals surface area (Å²) < 4.78 is 0. The van der Waals surface area contributed by atoms with Crippen molar-refractivity contribution in [3.05, 3.63) is 0 Å². The molecular formula is C11H23N3. The maximum absolute atomic E-state index is 3.39. The standard InChI is InChI=1S/C11H23N3/c1-2-11-9-14(10-11)8-7-13-5-3-12-4-6-13/h11-12H,2-10H2,1H3. The highest BCUT2D eigenvalue weighted by Gasteiger charge is 2.24. The zero-order valence-corrected chi connectivity index (χ0v) is 9.34. The molecular weight excluding hydrogens is 174 g/mol. The molecule has 0 aromatic rings. The maximum Gasteiger partial charge on any atom is 0.0110 e. The predicted octanol–water partition coefficient (Wildman–Crippen LogP) is 0.233. The number of likely N-dealkylation sites (tertiary alicyclic amines) is 1. The average molecular weight is 197 g/mol. The van der Waals surface area contributed by atoms with Crippen LogP contribution in [0.5, 0.6) is 0 Å². The zero-order chi connectivity index (χ0) is 9.80. The molecule has 3 heteroatoms. The van der Waals surface area contributed by atoms with Crippen molar-refractivity contribution in [1.29, 1.82) is 0 Å². The van der Waals surface area contributed by atoms with Crippen molar-refractivity contribution in [3.63, 3.8) is 0 Å². The zero-order valence-electron chi connectivity index (χ0n) is 9.34. The molecule has 0 aromatic carbocycles. The number of hydrogen-bond donors (Lipinski definition) is 1. The predicted molar refractivity (Wildman–Crippen MR) is 59.5 cm³/mol. The largest absolute Gasteiger partial charge is 0.314 e. The molecule has 2 rings (SSSR count). The molecule has 1 N–H and O–H groups in total. The molecule has 2 fully saturated rings. The first-order chi connectivity index (χ1) is 6.88. The van der Waals surface area contributed by atoms with Crippen molar-refractivity contribution in [2.24, 2.45) is 5.92 Å². The van der Waals surface area contributed by atoms with E-state index in [2.05, 4.69) is 22.0 Å². The number of nitrogens with zero attached hydrogens (tertiary/aromatic N) is 2. The number of hydrogen-bond acceptors (Lipinski definition) is 3. The molecule has 2 saturated heterocycles. The van der Waals surface area contributed by atoms with E-state index in [1.807, 2.05) is 0 Å². The van der Waals surface area contributed by atoms with Crippen LogP contribution in [0.4, 0.5) is 0 Å². The lowest BCUT2D eigenvalue weighted by atomic mass is 9.97. The lowest BCUT2D eigenvalue weighted by molar-refractivity contribution is 0.0807. The van der Waals surface area contributed by atoms with E-state index in [0.29, 0.717) is 0 Å². The Balaban J connectivity index is 1.54. The van der Waals surface area contributed by atoms with Gasteiger partial charge < -0.3 is 10.2 Å². The Morgan fingerprint density at radius 1 is 1.07 bits per heavy atom. The van der Waals surface area contributed by atoms with Crippen LogP contribution >= 0.6 is 0 Å². The fourth-order valence-electron chi connectivity index (χ4n) is 2.34. The van der Waals surface area contributed by atoms with Gasteiger partial charge in [-0.05, 0) is 5.92 Å². The summed E-state index contributed by atoms with van der Waals surface area (Å²) in [6, 6.07) is 0. The lowest BCUT2D eigenvalue weighted by Crippen LogP contribution is -2.51. The molecule has 2 aliphatic rings. The van der Waals surface area contributed by atoms with E-state index in [9.17, 15) is 0 Å². The fourth-order valence-corrected chi connectivity index (χ4v) is 2.34. The van der Waals surface area contributed by atoms with Crippen LogP contribution < -0.4 is 5.32 Å². The first kappa shape index (κ1) is 10.4. The highest BCUT2D eigenvalue weighted by atomic mass is 15.2. The van der Waals surface area contributed by atoms with Crippen LogP contribution in [0.15, 0.2) is 0 Å². The van der Waals surface area contributed by atoms with Crippen molar-refractivity contribution >= 4 is 0 Å². The molecule has 0 atom stereocenters. The van der Waals surface area contributed by atoms with Gasteiger partial charge in [-0.2, -0.15) is 0 Å². The quantitative estimate of drug-likeness (QED) is 0.696. The summed E-state index contributed by atoms with van der Waals surface area (Å²) in [6.45, 7) is 12.4. The second kappa shape index (κ2) is 5.10. The van der Waals surface area contributed by atoms with Crippen LogP contribution in [0, 0.1) is 5.92 Å². The number of piperazine rings is 1. The highest BCUT2D eigenvalue weighted by Crippen LogP contribution is 2.17. The maximum atomic E-state index is 3.39. The minimum atomic E-state index is 0.998. The molecule has 0 aromatic heterocycles. The Bertz CT molecular complexity index is 160. The first-order valence-corrected chi connectivity index (χ1v) is 6.04. The van der Waals surface area contributed by atoms with Crippen molar-refractivity contribution in [1.82, 2.24) is 15.1 Å². The summed E-state index contributed by atoms with van der Waals surface area (Å²) in [6.07, 6.45) is 1.37. The van der Waals surface area contributed by atoms with Gasteiger partial charge in [-0.15, -0.1) is 0 Å². The number of rotatable bonds is 4. The van der Waals surface area contributed by atoms with E-state index < -0.39 is 0 Å². The Morgan fingerprint density at radius 2 is 1.71 bits per heavy atom. The first-order valence-electron chi connectivity index (χ1n) is 6.04. The van der Waals surface area contributed by atoms with Crippen molar-refractivity contribution in [2.45, 2.75) is 13.3 Å². The van der Waals surface area contributed by atoms with Crippen molar-refractivity contribution < 1.29 is 0 Å². The van der Waals surface area contributed by atoms with Gasteiger partial charge in [0.2, 0.25) is 0 Å². The highest BCUT2D eigenvalue weighted by molar-refractivity contribution is 4.79. The second-order valence-corrected chi connectivity index (χ2v) is 4.63. The Morgan fingerprint density at radius 3 is 2.36 bits per heavy atom. The third kappa shape index (κ3) is 2.69. The van der Waals surface area contributed by atoms with E-state index in [1.165, 1.54) is 58.8 Å². The van der Waals surface area contributed by atoms with Crippen LogP contribution in [0.25, 0.3) is 0 Å². The van der Waals surface area contributed by atoms with Gasteiger partial charge >= 0.3 is 0 Å². The van der Waals surface area contributed by atoms with Crippen LogP contribution in [0.3, 0.4) is 0 Å².